The molecule has 2 aromatic rings. The minimum Gasteiger partial charge on any atom is -0.489 e. The van der Waals surface area contributed by atoms with Gasteiger partial charge in [-0.05, 0) is 42.7 Å². The molecule has 34 heavy (non-hydrogen) atoms. The zero-order valence-electron chi connectivity index (χ0n) is 19.5. The van der Waals surface area contributed by atoms with Crippen molar-refractivity contribution in [1.29, 1.82) is 0 Å². The van der Waals surface area contributed by atoms with Gasteiger partial charge >= 0.3 is 0 Å². The van der Waals surface area contributed by atoms with Gasteiger partial charge in [0.05, 0.1) is 10.5 Å². The molecular formula is C25H34N2O6S. The molecule has 1 aliphatic rings. The number of hydrogen-bond donors (Lipinski definition) is 3. The average molecular weight is 491 g/mol. The van der Waals surface area contributed by atoms with Gasteiger partial charge in [0.1, 0.15) is 18.4 Å². The number of ether oxygens (including phenoxy) is 1. The predicted molar refractivity (Wildman–Crippen MR) is 128 cm³/mol. The van der Waals surface area contributed by atoms with Gasteiger partial charge in [-0.1, -0.05) is 62.9 Å². The summed E-state index contributed by atoms with van der Waals surface area (Å²) in [5, 5.41) is 20.3. The van der Waals surface area contributed by atoms with Crippen LogP contribution in [0.1, 0.15) is 57.4 Å². The molecule has 9 heteroatoms. The number of unbranched alkanes of at least 4 members (excludes halogenated alkanes) is 3. The number of nitrogens with one attached hydrogen (secondary N) is 1. The molecule has 186 valence electrons. The van der Waals surface area contributed by atoms with Gasteiger partial charge < -0.3 is 9.84 Å². The van der Waals surface area contributed by atoms with Crippen LogP contribution in [0.4, 0.5) is 0 Å². The summed E-state index contributed by atoms with van der Waals surface area (Å²) in [7, 11) is -4.03. The van der Waals surface area contributed by atoms with Crippen LogP contribution in [0.2, 0.25) is 0 Å². The number of sulfonamides is 1. The summed E-state index contributed by atoms with van der Waals surface area (Å²) >= 11 is 0. The third-order valence-electron chi connectivity index (χ3n) is 6.31. The fourth-order valence-corrected chi connectivity index (χ4v) is 5.90. The Labute approximate surface area is 201 Å². The van der Waals surface area contributed by atoms with E-state index in [0.717, 1.165) is 35.6 Å². The molecule has 3 N–H and O–H groups in total. The molecule has 3 rings (SSSR count). The van der Waals surface area contributed by atoms with Crippen molar-refractivity contribution in [2.75, 3.05) is 6.54 Å². The van der Waals surface area contributed by atoms with E-state index in [1.54, 1.807) is 17.6 Å². The number of hydroxylamine groups is 1. The van der Waals surface area contributed by atoms with Crippen LogP contribution < -0.4 is 10.2 Å². The van der Waals surface area contributed by atoms with Crippen LogP contribution in [0.5, 0.6) is 5.75 Å². The van der Waals surface area contributed by atoms with Gasteiger partial charge in [-0.25, -0.2) is 13.9 Å². The first-order valence-electron chi connectivity index (χ1n) is 11.7. The van der Waals surface area contributed by atoms with Gasteiger partial charge in [0, 0.05) is 13.0 Å². The SMILES string of the molecule is CCCCCCC1(O)CCN(S(=O)(=O)c2ccc(OCc3ccccc3)cc2)C(C(=O)NO)C1. The van der Waals surface area contributed by atoms with Crippen molar-refractivity contribution in [3.05, 3.63) is 60.2 Å². The smallest absolute Gasteiger partial charge is 0.261 e. The second-order valence-corrected chi connectivity index (χ2v) is 10.7. The Kier molecular flexibility index (Phi) is 9.07. The number of piperidine rings is 1. The zero-order chi connectivity index (χ0) is 24.6. The standard InChI is InChI=1S/C25H34N2O6S/c1-2-3-4-8-15-25(29)16-17-27(23(18-25)24(28)26-30)34(31,32)22-13-11-21(12-14-22)33-19-20-9-6-5-7-10-20/h5-7,9-14,23,29-30H,2-4,8,15-19H2,1H3,(H,26,28). The third kappa shape index (κ3) is 6.56. The van der Waals surface area contributed by atoms with Gasteiger partial charge in [0.25, 0.3) is 5.91 Å². The number of benzene rings is 2. The molecule has 1 amide bonds. The Morgan fingerprint density at radius 2 is 1.82 bits per heavy atom. The maximum Gasteiger partial charge on any atom is 0.261 e. The Hall–Kier alpha value is -2.46. The largest absolute Gasteiger partial charge is 0.489 e. The molecule has 1 saturated heterocycles. The predicted octanol–water partition coefficient (Wildman–Crippen LogP) is 3.63. The Balaban J connectivity index is 1.71. The first-order valence-corrected chi connectivity index (χ1v) is 13.2. The fraction of sp³-hybridized carbons (Fsp3) is 0.480. The molecule has 1 fully saturated rings. The van der Waals surface area contributed by atoms with E-state index in [9.17, 15) is 23.5 Å². The number of nitrogens with zero attached hydrogens (tertiary/aromatic N) is 1. The maximum atomic E-state index is 13.4. The second-order valence-electron chi connectivity index (χ2n) is 8.84. The average Bonchev–Trinajstić information content (AvgIpc) is 2.85. The summed E-state index contributed by atoms with van der Waals surface area (Å²) in [5.41, 5.74) is 1.41. The fourth-order valence-electron chi connectivity index (χ4n) is 4.32. The first kappa shape index (κ1) is 26.2. The van der Waals surface area contributed by atoms with E-state index in [1.807, 2.05) is 30.3 Å². The van der Waals surface area contributed by atoms with Crippen LogP contribution in [0, 0.1) is 0 Å². The quantitative estimate of drug-likeness (QED) is 0.252. The van der Waals surface area contributed by atoms with Crippen LogP contribution in [0.3, 0.4) is 0 Å². The van der Waals surface area contributed by atoms with Crippen LogP contribution in [-0.4, -0.2) is 47.1 Å². The summed E-state index contributed by atoms with van der Waals surface area (Å²) in [6, 6.07) is 14.4. The van der Waals surface area contributed by atoms with Crippen LogP contribution >= 0.6 is 0 Å². The first-order chi connectivity index (χ1) is 16.3. The van der Waals surface area contributed by atoms with E-state index in [-0.39, 0.29) is 24.3 Å². The number of hydrogen-bond acceptors (Lipinski definition) is 6. The highest BCUT2D eigenvalue weighted by molar-refractivity contribution is 7.89. The minimum atomic E-state index is -4.03. The van der Waals surface area contributed by atoms with Crippen molar-refractivity contribution in [3.8, 4) is 5.75 Å². The van der Waals surface area contributed by atoms with Crippen LogP contribution in [0.25, 0.3) is 0 Å². The summed E-state index contributed by atoms with van der Waals surface area (Å²) in [5.74, 6) is -0.328. The lowest BCUT2D eigenvalue weighted by atomic mass is 9.83. The van der Waals surface area contributed by atoms with E-state index in [1.165, 1.54) is 12.1 Å². The maximum absolute atomic E-state index is 13.4. The monoisotopic (exact) mass is 490 g/mol. The molecular weight excluding hydrogens is 456 g/mol. The van der Waals surface area contributed by atoms with Crippen LogP contribution in [0.15, 0.2) is 59.5 Å². The number of carbonyl (C=O) groups excluding carboxylic acids is 1. The summed E-state index contributed by atoms with van der Waals surface area (Å²) in [4.78, 5) is 12.4. The zero-order valence-corrected chi connectivity index (χ0v) is 20.3. The minimum absolute atomic E-state index is 0.0169. The van der Waals surface area contributed by atoms with Gasteiger partial charge in [0.2, 0.25) is 10.0 Å². The normalized spacial score (nSPS) is 21.2. The number of carbonyl (C=O) groups is 1. The molecule has 0 aromatic heterocycles. The molecule has 0 bridgehead atoms. The van der Waals surface area contributed by atoms with Crippen LogP contribution in [-0.2, 0) is 21.4 Å². The molecule has 1 heterocycles. The third-order valence-corrected chi connectivity index (χ3v) is 8.23. The number of rotatable bonds is 11. The van der Waals surface area contributed by atoms with Gasteiger partial charge in [-0.2, -0.15) is 4.31 Å². The van der Waals surface area contributed by atoms with Gasteiger partial charge in [-0.3, -0.25) is 10.0 Å². The number of aliphatic hydroxyl groups is 1. The summed E-state index contributed by atoms with van der Waals surface area (Å²) in [6.45, 7) is 2.44. The van der Waals surface area contributed by atoms with E-state index in [0.29, 0.717) is 18.8 Å². The molecule has 0 aliphatic carbocycles. The highest BCUT2D eigenvalue weighted by Gasteiger charge is 2.46. The molecule has 0 saturated carbocycles. The van der Waals surface area contributed by atoms with Crippen molar-refractivity contribution in [2.24, 2.45) is 0 Å². The molecule has 0 spiro atoms. The van der Waals surface area contributed by atoms with E-state index >= 15 is 0 Å². The molecule has 2 atom stereocenters. The Bertz CT molecular complexity index is 1030. The topological polar surface area (TPSA) is 116 Å². The van der Waals surface area contributed by atoms with Crippen molar-refractivity contribution in [3.63, 3.8) is 0 Å². The molecule has 8 nitrogen and oxygen atoms in total. The van der Waals surface area contributed by atoms with E-state index in [2.05, 4.69) is 6.92 Å². The highest BCUT2D eigenvalue weighted by atomic mass is 32.2. The van der Waals surface area contributed by atoms with Gasteiger partial charge in [0.15, 0.2) is 0 Å². The molecule has 2 aromatic carbocycles. The van der Waals surface area contributed by atoms with E-state index < -0.39 is 27.6 Å². The van der Waals surface area contributed by atoms with Crippen molar-refractivity contribution >= 4 is 15.9 Å². The lowest BCUT2D eigenvalue weighted by molar-refractivity contribution is -0.138. The molecule has 1 aliphatic heterocycles. The lowest BCUT2D eigenvalue weighted by Gasteiger charge is -2.42. The molecule has 0 radical (unpaired) electrons. The highest BCUT2D eigenvalue weighted by Crippen LogP contribution is 2.35. The van der Waals surface area contributed by atoms with Crippen molar-refractivity contribution in [1.82, 2.24) is 9.79 Å². The van der Waals surface area contributed by atoms with Crippen molar-refractivity contribution in [2.45, 2.75) is 75.0 Å². The Morgan fingerprint density at radius 1 is 1.12 bits per heavy atom. The second kappa shape index (κ2) is 11.8. The Morgan fingerprint density at radius 3 is 2.47 bits per heavy atom. The lowest BCUT2D eigenvalue weighted by Crippen LogP contribution is -2.57. The van der Waals surface area contributed by atoms with Crippen molar-refractivity contribution < 1.29 is 28.3 Å². The van der Waals surface area contributed by atoms with Gasteiger partial charge in [-0.15, -0.1) is 0 Å². The summed E-state index contributed by atoms with van der Waals surface area (Å²) < 4.78 is 33.5. The van der Waals surface area contributed by atoms with E-state index in [4.69, 9.17) is 4.74 Å². The molecule has 2 unspecified atom stereocenters. The number of amides is 1. The summed E-state index contributed by atoms with van der Waals surface area (Å²) in [6.07, 6.45) is 4.54.